The highest BCUT2D eigenvalue weighted by molar-refractivity contribution is 9.10. The van der Waals surface area contributed by atoms with Crippen LogP contribution < -0.4 is 5.73 Å². The van der Waals surface area contributed by atoms with Gasteiger partial charge >= 0.3 is 5.97 Å². The van der Waals surface area contributed by atoms with Crippen molar-refractivity contribution in [2.75, 3.05) is 6.54 Å². The van der Waals surface area contributed by atoms with E-state index in [9.17, 15) is 19.2 Å². The smallest absolute Gasteiger partial charge is 0.362 e. The zero-order valence-corrected chi connectivity index (χ0v) is 22.5. The van der Waals surface area contributed by atoms with Crippen LogP contribution in [0.4, 0.5) is 0 Å². The lowest BCUT2D eigenvalue weighted by atomic mass is 9.63. The Balaban J connectivity index is 1.60. The molecule has 1 aliphatic heterocycles. The molecule has 5 rings (SSSR count). The normalized spacial score (nSPS) is 31.3. The fourth-order valence-corrected chi connectivity index (χ4v) is 8.10. The van der Waals surface area contributed by atoms with Crippen molar-refractivity contribution < 1.29 is 30.0 Å². The van der Waals surface area contributed by atoms with Gasteiger partial charge in [-0.05, 0) is 49.0 Å². The number of carbonyl (C=O) groups excluding carboxylic acids is 3. The molecule has 4 unspecified atom stereocenters. The highest BCUT2D eigenvalue weighted by Gasteiger charge is 2.85. The van der Waals surface area contributed by atoms with Crippen LogP contribution in [0.15, 0.2) is 60.7 Å². The second-order valence-corrected chi connectivity index (χ2v) is 11.9. The highest BCUT2D eigenvalue weighted by atomic mass is 79.9. The van der Waals surface area contributed by atoms with E-state index in [1.807, 2.05) is 67.6 Å². The molecule has 1 heterocycles. The molecule has 2 aromatic rings. The summed E-state index contributed by atoms with van der Waals surface area (Å²) in [5, 5.41) is 9.08. The van der Waals surface area contributed by atoms with Crippen LogP contribution in [0.1, 0.15) is 44.2 Å². The van der Waals surface area contributed by atoms with E-state index in [2.05, 4.69) is 21.7 Å². The summed E-state index contributed by atoms with van der Waals surface area (Å²) in [6.45, 7) is 3.79. The molecule has 4 N–H and O–H groups in total. The minimum absolute atomic E-state index is 0.123. The number of ketones is 1. The number of rotatable bonds is 8. The Kier molecular flexibility index (Phi) is 6.03. The molecule has 0 radical (unpaired) electrons. The molecule has 2 bridgehead atoms. The van der Waals surface area contributed by atoms with Gasteiger partial charge in [-0.25, -0.2) is 4.79 Å². The van der Waals surface area contributed by atoms with Gasteiger partial charge in [-0.15, -0.1) is 0 Å². The first-order chi connectivity index (χ1) is 17.5. The molecule has 192 valence electrons. The van der Waals surface area contributed by atoms with E-state index in [1.165, 1.54) is 4.90 Å². The van der Waals surface area contributed by atoms with Gasteiger partial charge in [-0.2, -0.15) is 0 Å². The van der Waals surface area contributed by atoms with Crippen LogP contribution in [0.2, 0.25) is 0 Å². The number of nitrogens with zero attached hydrogens (tertiary/aromatic N) is 1. The molecular weight excluding hydrogens is 536 g/mol. The molecule has 7 nitrogen and oxygen atoms in total. The first-order valence-electron chi connectivity index (χ1n) is 12.5. The zero-order valence-electron chi connectivity index (χ0n) is 20.9. The van der Waals surface area contributed by atoms with Crippen molar-refractivity contribution in [3.8, 4) is 0 Å². The lowest BCUT2D eigenvalue weighted by Crippen LogP contribution is -2.64. The summed E-state index contributed by atoms with van der Waals surface area (Å²) < 4.78 is -1.40. The molecule has 5 atom stereocenters. The Morgan fingerprint density at radius 1 is 0.973 bits per heavy atom. The maximum atomic E-state index is 14.3. The average Bonchev–Trinajstić information content (AvgIpc) is 3.27. The van der Waals surface area contributed by atoms with Crippen molar-refractivity contribution in [1.82, 2.24) is 4.90 Å². The number of allylic oxidation sites excluding steroid dienone is 2. The second kappa shape index (κ2) is 8.74. The summed E-state index contributed by atoms with van der Waals surface area (Å²) >= 11 is 3.74. The van der Waals surface area contributed by atoms with E-state index < -0.39 is 39.0 Å². The first kappa shape index (κ1) is 25.5. The van der Waals surface area contributed by atoms with Crippen molar-refractivity contribution in [2.45, 2.75) is 43.5 Å². The molecule has 1 saturated heterocycles. The van der Waals surface area contributed by atoms with Crippen molar-refractivity contribution in [3.05, 3.63) is 71.8 Å². The second-order valence-electron chi connectivity index (χ2n) is 10.6. The maximum Gasteiger partial charge on any atom is 0.362 e. The summed E-state index contributed by atoms with van der Waals surface area (Å²) in [6.07, 6.45) is 1.35. The summed E-state index contributed by atoms with van der Waals surface area (Å²) in [5.41, 5.74) is 4.47. The number of halogens is 1. The van der Waals surface area contributed by atoms with E-state index in [0.29, 0.717) is 19.3 Å². The first-order valence-corrected chi connectivity index (χ1v) is 13.3. The Hall–Kier alpha value is -3.10. The van der Waals surface area contributed by atoms with E-state index in [-0.39, 0.29) is 18.2 Å². The number of fused-ring (bicyclic) bond motifs is 5. The van der Waals surface area contributed by atoms with Gasteiger partial charge in [0, 0.05) is 13.0 Å². The molecule has 37 heavy (non-hydrogen) atoms. The van der Waals surface area contributed by atoms with Gasteiger partial charge in [0.2, 0.25) is 11.8 Å². The minimum atomic E-state index is -1.40. The van der Waals surface area contributed by atoms with Gasteiger partial charge in [-0.3, -0.25) is 19.3 Å². The molecule has 8 heteroatoms. The van der Waals surface area contributed by atoms with Crippen molar-refractivity contribution in [3.63, 3.8) is 0 Å². The molecule has 0 spiro atoms. The van der Waals surface area contributed by atoms with Crippen molar-refractivity contribution in [2.24, 2.45) is 16.7 Å². The summed E-state index contributed by atoms with van der Waals surface area (Å²) in [5.74, 6) is -2.72. The largest absolute Gasteiger partial charge is 0.477 e. The highest BCUT2D eigenvalue weighted by Crippen LogP contribution is 2.77. The lowest BCUT2D eigenvalue weighted by Gasteiger charge is -2.41. The van der Waals surface area contributed by atoms with Gasteiger partial charge in [0.1, 0.15) is 4.32 Å². The number of carboxylic acids is 1. The number of aliphatic carboxylic acids is 1. The summed E-state index contributed by atoms with van der Waals surface area (Å²) in [7, 11) is 0. The molecule has 2 amide bonds. The fourth-order valence-electron chi connectivity index (χ4n) is 6.85. The molecule has 3 aliphatic rings. The van der Waals surface area contributed by atoms with Crippen LogP contribution in [0.25, 0.3) is 11.1 Å². The van der Waals surface area contributed by atoms with Crippen molar-refractivity contribution in [1.29, 1.82) is 0 Å². The summed E-state index contributed by atoms with van der Waals surface area (Å²) in [4.78, 5) is 54.7. The Labute approximate surface area is 223 Å². The predicted octanol–water partition coefficient (Wildman–Crippen LogP) is 3.19. The van der Waals surface area contributed by atoms with Gasteiger partial charge in [0.25, 0.3) is 0 Å². The number of benzene rings is 2. The van der Waals surface area contributed by atoms with Crippen LogP contribution in [-0.2, 0) is 19.2 Å². The molecular formula is C29H30BrN2O5+. The fraction of sp³-hybridized carbons (Fsp3) is 0.379. The summed E-state index contributed by atoms with van der Waals surface area (Å²) in [6, 6.07) is 18.5. The minimum Gasteiger partial charge on any atom is -0.477 e. The van der Waals surface area contributed by atoms with Crippen LogP contribution in [-0.4, -0.2) is 50.5 Å². The number of carbonyl (C=O) groups is 4. The average molecular weight is 566 g/mol. The van der Waals surface area contributed by atoms with Crippen LogP contribution in [0.5, 0.6) is 0 Å². The Morgan fingerprint density at radius 3 is 2.05 bits per heavy atom. The number of Topliss-reactive ketones (excluding diaryl/α,β-unsaturated/α-hetero) is 1. The number of alkyl halides is 1. The monoisotopic (exact) mass is 565 g/mol. The zero-order chi connectivity index (χ0) is 26.8. The van der Waals surface area contributed by atoms with Gasteiger partial charge in [0.15, 0.2) is 11.8 Å². The van der Waals surface area contributed by atoms with Crippen LogP contribution >= 0.6 is 15.9 Å². The number of amides is 2. The number of imide groups is 1. The Morgan fingerprint density at radius 2 is 1.51 bits per heavy atom. The molecule has 2 aliphatic carbocycles. The topological polar surface area (TPSA) is 119 Å². The van der Waals surface area contributed by atoms with Gasteiger partial charge in [0.05, 0.1) is 16.7 Å². The molecule has 0 aromatic heterocycles. The van der Waals surface area contributed by atoms with Crippen LogP contribution in [0, 0.1) is 16.7 Å². The SMILES string of the molecule is CC12C(=O)C(C)(C(c3ccccc3)=C1c1ccccc1)C1(Br)C(=O)N(CCCC[C@H]([NH3+])C(=O)O)C(=O)C21. The standard InChI is InChI=1S/C29H29BrN2O5/c1-27-20(17-11-5-3-6-12-17)21(18-13-7-4-8-14-18)28(2,25(27)36)29(30)22(27)23(33)32(26(29)37)16-10-9-15-19(31)24(34)35/h3-8,11-14,19,22H,9-10,15-16,31H2,1-2H3,(H,34,35)/p+1/t19-,22?,27?,28?,29?/m0/s1. The maximum absolute atomic E-state index is 14.3. The van der Waals surface area contributed by atoms with E-state index in [4.69, 9.17) is 5.11 Å². The predicted molar refractivity (Wildman–Crippen MR) is 141 cm³/mol. The number of unbranched alkanes of at least 4 members (excludes halogenated alkanes) is 1. The number of quaternary nitrogens is 1. The number of hydrogen-bond donors (Lipinski definition) is 2. The van der Waals surface area contributed by atoms with E-state index >= 15 is 0 Å². The van der Waals surface area contributed by atoms with Gasteiger partial charge < -0.3 is 10.8 Å². The molecule has 2 fully saturated rings. The van der Waals surface area contributed by atoms with Crippen LogP contribution in [0.3, 0.4) is 0 Å². The van der Waals surface area contributed by atoms with E-state index in [1.54, 1.807) is 6.92 Å². The lowest BCUT2D eigenvalue weighted by molar-refractivity contribution is -0.409. The quantitative estimate of drug-likeness (QED) is 0.289. The van der Waals surface area contributed by atoms with Gasteiger partial charge in [-0.1, -0.05) is 76.6 Å². The molecule has 1 saturated carbocycles. The number of carboxylic acid groups (broad SMARTS) is 1. The third-order valence-electron chi connectivity index (χ3n) is 8.63. The Bertz CT molecular complexity index is 1340. The number of likely N-dealkylation sites (tertiary alicyclic amines) is 1. The number of hydrogen-bond acceptors (Lipinski definition) is 4. The third kappa shape index (κ3) is 3.21. The third-order valence-corrected chi connectivity index (χ3v) is 10.2. The van der Waals surface area contributed by atoms with Crippen molar-refractivity contribution >= 4 is 50.6 Å². The van der Waals surface area contributed by atoms with E-state index in [0.717, 1.165) is 22.3 Å². The molecule has 2 aromatic carbocycles.